The van der Waals surface area contributed by atoms with Gasteiger partial charge >= 0.3 is 0 Å². The molecule has 6 nitrogen and oxygen atoms in total. The molecule has 0 aliphatic heterocycles. The molecule has 2 N–H and O–H groups in total. The molecule has 0 radical (unpaired) electrons. The van der Waals surface area contributed by atoms with Crippen molar-refractivity contribution in [3.63, 3.8) is 0 Å². The van der Waals surface area contributed by atoms with E-state index in [-0.39, 0.29) is 0 Å². The van der Waals surface area contributed by atoms with Gasteiger partial charge in [-0.25, -0.2) is 0 Å². The Hall–Kier alpha value is -8.09. The number of nitrogens with zero attached hydrogens (tertiary/aromatic N) is 4. The van der Waals surface area contributed by atoms with Gasteiger partial charge < -0.3 is 9.13 Å². The molecule has 0 unspecified atom stereocenters. The SMILES string of the molecule is N=C1C(c2ccc3c(c2)c2ccccc2n3-c2ccccc2)=CC(c2ccc3c(c2)c2ccccc2n3-c2ccccc2)=C/C1=N/Nc1ccc(-c2cccnc2)cc1. The number of benzene rings is 7. The highest BCUT2D eigenvalue weighted by Gasteiger charge is 2.23. The molecule has 3 heterocycles. The fraction of sp³-hybridized carbons (Fsp3) is 0. The van der Waals surface area contributed by atoms with Crippen molar-refractivity contribution in [3.8, 4) is 22.5 Å². The molecule has 3 aromatic heterocycles. The molecule has 6 heteroatoms. The molecule has 0 fully saturated rings. The molecule has 0 spiro atoms. The van der Waals surface area contributed by atoms with E-state index < -0.39 is 0 Å². The van der Waals surface area contributed by atoms with Gasteiger partial charge in [-0.15, -0.1) is 0 Å². The first-order chi connectivity index (χ1) is 29.2. The summed E-state index contributed by atoms with van der Waals surface area (Å²) in [4.78, 5) is 4.27. The van der Waals surface area contributed by atoms with Gasteiger partial charge in [0.1, 0.15) is 5.71 Å². The summed E-state index contributed by atoms with van der Waals surface area (Å²) < 4.78 is 4.65. The number of hydrogen-bond donors (Lipinski definition) is 2. The number of para-hydroxylation sites is 4. The Bertz CT molecular complexity index is 3330. The lowest BCUT2D eigenvalue weighted by Gasteiger charge is -2.18. The molecule has 7 aromatic carbocycles. The van der Waals surface area contributed by atoms with Crippen LogP contribution in [0.1, 0.15) is 11.1 Å². The number of nitrogens with one attached hydrogen (secondary N) is 2. The predicted molar refractivity (Wildman–Crippen MR) is 246 cm³/mol. The summed E-state index contributed by atoms with van der Waals surface area (Å²) >= 11 is 0. The van der Waals surface area contributed by atoms with Gasteiger partial charge in [-0.3, -0.25) is 15.8 Å². The van der Waals surface area contributed by atoms with Crippen LogP contribution in [0.4, 0.5) is 5.69 Å². The van der Waals surface area contributed by atoms with E-state index in [0.29, 0.717) is 11.4 Å². The second-order valence-electron chi connectivity index (χ2n) is 14.8. The average molecular weight is 757 g/mol. The second-order valence-corrected chi connectivity index (χ2v) is 14.8. The highest BCUT2D eigenvalue weighted by Crippen LogP contribution is 2.38. The van der Waals surface area contributed by atoms with E-state index in [1.807, 2.05) is 42.6 Å². The zero-order valence-electron chi connectivity index (χ0n) is 31.9. The zero-order valence-corrected chi connectivity index (χ0v) is 31.9. The molecular formula is C53H36N6. The Labute approximate surface area is 340 Å². The van der Waals surface area contributed by atoms with Crippen LogP contribution in [0.25, 0.3) is 77.3 Å². The number of hydrazone groups is 1. The van der Waals surface area contributed by atoms with Crippen LogP contribution < -0.4 is 5.43 Å². The van der Waals surface area contributed by atoms with E-state index in [0.717, 1.165) is 83.3 Å². The molecule has 59 heavy (non-hydrogen) atoms. The van der Waals surface area contributed by atoms with Crippen LogP contribution in [0.2, 0.25) is 0 Å². The van der Waals surface area contributed by atoms with Gasteiger partial charge in [0.25, 0.3) is 0 Å². The summed E-state index contributed by atoms with van der Waals surface area (Å²) in [5.41, 5.74) is 17.7. The number of fused-ring (bicyclic) bond motifs is 6. The number of rotatable bonds is 7. The van der Waals surface area contributed by atoms with Crippen LogP contribution in [-0.4, -0.2) is 25.5 Å². The van der Waals surface area contributed by atoms with Gasteiger partial charge in [0.05, 0.1) is 33.5 Å². The van der Waals surface area contributed by atoms with Crippen molar-refractivity contribution >= 4 is 71.9 Å². The van der Waals surface area contributed by atoms with E-state index in [1.165, 1.54) is 10.8 Å². The lowest BCUT2D eigenvalue weighted by molar-refractivity contribution is 1.18. The summed E-state index contributed by atoms with van der Waals surface area (Å²) in [6, 6.07) is 63.5. The van der Waals surface area contributed by atoms with E-state index in [1.54, 1.807) is 6.20 Å². The van der Waals surface area contributed by atoms with Crippen molar-refractivity contribution in [2.24, 2.45) is 5.10 Å². The molecule has 278 valence electrons. The molecule has 0 saturated heterocycles. The van der Waals surface area contributed by atoms with Crippen LogP contribution in [-0.2, 0) is 0 Å². The van der Waals surface area contributed by atoms with Gasteiger partial charge in [-0.1, -0.05) is 103 Å². The summed E-state index contributed by atoms with van der Waals surface area (Å²) in [6.45, 7) is 0. The van der Waals surface area contributed by atoms with E-state index in [4.69, 9.17) is 5.10 Å². The summed E-state index contributed by atoms with van der Waals surface area (Å²) in [5.74, 6) is 0. The molecule has 11 rings (SSSR count). The van der Waals surface area contributed by atoms with Crippen LogP contribution in [0.15, 0.2) is 212 Å². The van der Waals surface area contributed by atoms with E-state index in [2.05, 4.69) is 177 Å². The lowest BCUT2D eigenvalue weighted by Crippen LogP contribution is -2.18. The van der Waals surface area contributed by atoms with Crippen molar-refractivity contribution in [2.75, 3.05) is 5.43 Å². The summed E-state index contributed by atoms with van der Waals surface area (Å²) in [6.07, 6.45) is 7.82. The molecule has 0 saturated carbocycles. The van der Waals surface area contributed by atoms with Gasteiger partial charge in [0.15, 0.2) is 0 Å². The van der Waals surface area contributed by atoms with Gasteiger partial charge in [0.2, 0.25) is 0 Å². The number of aromatic nitrogens is 3. The zero-order chi connectivity index (χ0) is 39.3. The highest BCUT2D eigenvalue weighted by molar-refractivity contribution is 6.62. The highest BCUT2D eigenvalue weighted by atomic mass is 15.3. The Morgan fingerprint density at radius 3 is 1.61 bits per heavy atom. The maximum atomic E-state index is 9.65. The minimum absolute atomic E-state index is 0.348. The quantitative estimate of drug-likeness (QED) is 0.126. The third-order valence-corrected chi connectivity index (χ3v) is 11.3. The van der Waals surface area contributed by atoms with Crippen LogP contribution in [0, 0.1) is 5.41 Å². The molecular weight excluding hydrogens is 721 g/mol. The van der Waals surface area contributed by atoms with Crippen LogP contribution in [0.3, 0.4) is 0 Å². The third kappa shape index (κ3) is 5.94. The lowest BCUT2D eigenvalue weighted by atomic mass is 9.87. The Balaban J connectivity index is 1.05. The molecule has 1 aliphatic rings. The minimum atomic E-state index is 0.348. The first-order valence-corrected chi connectivity index (χ1v) is 19.7. The van der Waals surface area contributed by atoms with Gasteiger partial charge in [0, 0.05) is 50.9 Å². The molecule has 0 atom stereocenters. The largest absolute Gasteiger partial charge is 0.309 e. The molecule has 0 amide bonds. The molecule has 1 aliphatic carbocycles. The number of anilines is 1. The Kier molecular flexibility index (Phi) is 8.19. The minimum Gasteiger partial charge on any atom is -0.309 e. The van der Waals surface area contributed by atoms with E-state index in [9.17, 15) is 5.41 Å². The van der Waals surface area contributed by atoms with Crippen molar-refractivity contribution in [3.05, 3.63) is 218 Å². The third-order valence-electron chi connectivity index (χ3n) is 11.3. The Morgan fingerprint density at radius 1 is 0.458 bits per heavy atom. The maximum Gasteiger partial charge on any atom is 0.109 e. The van der Waals surface area contributed by atoms with E-state index >= 15 is 0 Å². The first-order valence-electron chi connectivity index (χ1n) is 19.7. The molecule has 10 aromatic rings. The van der Waals surface area contributed by atoms with Crippen molar-refractivity contribution in [2.45, 2.75) is 0 Å². The van der Waals surface area contributed by atoms with Gasteiger partial charge in [-0.2, -0.15) is 5.10 Å². The van der Waals surface area contributed by atoms with Crippen LogP contribution in [0.5, 0.6) is 0 Å². The summed E-state index contributed by atoms with van der Waals surface area (Å²) in [5, 5.41) is 19.2. The monoisotopic (exact) mass is 756 g/mol. The topological polar surface area (TPSA) is 71.0 Å². The fourth-order valence-electron chi connectivity index (χ4n) is 8.51. The number of allylic oxidation sites excluding steroid dienone is 4. The number of pyridine rings is 1. The van der Waals surface area contributed by atoms with Crippen molar-refractivity contribution in [1.29, 1.82) is 5.41 Å². The average Bonchev–Trinajstić information content (AvgIpc) is 3.82. The van der Waals surface area contributed by atoms with Crippen molar-refractivity contribution < 1.29 is 0 Å². The number of hydrogen-bond acceptors (Lipinski definition) is 4. The Morgan fingerprint density at radius 2 is 1.00 bits per heavy atom. The normalized spacial score (nSPS) is 13.7. The summed E-state index contributed by atoms with van der Waals surface area (Å²) in [7, 11) is 0. The van der Waals surface area contributed by atoms with Crippen LogP contribution >= 0.6 is 0 Å². The second kappa shape index (κ2) is 14.1. The maximum absolute atomic E-state index is 9.65. The smallest absolute Gasteiger partial charge is 0.109 e. The predicted octanol–water partition coefficient (Wildman–Crippen LogP) is 12.9. The van der Waals surface area contributed by atoms with Crippen molar-refractivity contribution in [1.82, 2.24) is 14.1 Å². The fourth-order valence-corrected chi connectivity index (χ4v) is 8.51. The first kappa shape index (κ1) is 34.2. The van der Waals surface area contributed by atoms with Gasteiger partial charge in [-0.05, 0) is 119 Å². The molecule has 0 bridgehead atoms. The standard InChI is InChI=1S/C53H36N6/c54-53-45(37-24-28-52-47(31-37)44-18-8-10-20-50(44)59(52)42-15-5-2-6-16-42)32-39(33-48(53)57-56-40-25-21-35(22-26-40)38-12-11-29-55-34-38)36-23-27-51-46(30-36)43-17-7-9-19-49(43)58(51)41-13-3-1-4-14-41/h1-34,54,56H/b54-53?,57-48-.